The van der Waals surface area contributed by atoms with Gasteiger partial charge in [-0.2, -0.15) is 0 Å². The highest BCUT2D eigenvalue weighted by Crippen LogP contribution is 2.26. The first kappa shape index (κ1) is 11.4. The Morgan fingerprint density at radius 1 is 1.57 bits per heavy atom. The van der Waals surface area contributed by atoms with Crippen molar-refractivity contribution < 1.29 is 8.78 Å². The molecule has 0 saturated carbocycles. The summed E-state index contributed by atoms with van der Waals surface area (Å²) in [5.41, 5.74) is 1.08. The summed E-state index contributed by atoms with van der Waals surface area (Å²) in [6, 6.07) is 0. The first-order valence-corrected chi connectivity index (χ1v) is 4.92. The molecule has 1 saturated heterocycles. The molecule has 1 aliphatic heterocycles. The molecule has 0 unspecified atom stereocenters. The number of alkyl halides is 2. The normalized spacial score (nSPS) is 23.5. The van der Waals surface area contributed by atoms with E-state index in [4.69, 9.17) is 0 Å². The summed E-state index contributed by atoms with van der Waals surface area (Å²) in [5, 5.41) is 0. The molecule has 1 heterocycles. The van der Waals surface area contributed by atoms with Gasteiger partial charge in [0.05, 0.1) is 6.54 Å². The van der Waals surface area contributed by atoms with Crippen LogP contribution < -0.4 is 0 Å². The van der Waals surface area contributed by atoms with Crippen LogP contribution in [-0.2, 0) is 0 Å². The second kappa shape index (κ2) is 4.69. The third-order valence-electron chi connectivity index (χ3n) is 2.35. The van der Waals surface area contributed by atoms with Crippen LogP contribution in [0.1, 0.15) is 19.8 Å². The maximum absolute atomic E-state index is 13.0. The van der Waals surface area contributed by atoms with Gasteiger partial charge < -0.3 is 0 Å². The molecule has 0 aromatic carbocycles. The van der Waals surface area contributed by atoms with Crippen LogP contribution in [0.5, 0.6) is 0 Å². The van der Waals surface area contributed by atoms with Crippen molar-refractivity contribution in [2.24, 2.45) is 0 Å². The smallest absolute Gasteiger partial charge is 0.260 e. The predicted octanol–water partition coefficient (Wildman–Crippen LogP) is 2.85. The highest BCUT2D eigenvalue weighted by molar-refractivity contribution is 5.09. The van der Waals surface area contributed by atoms with Crippen molar-refractivity contribution in [2.45, 2.75) is 25.7 Å². The Bertz CT molecular complexity index is 233. The largest absolute Gasteiger partial charge is 0.294 e. The Hall–Kier alpha value is -0.700. The van der Waals surface area contributed by atoms with Crippen molar-refractivity contribution in [3.63, 3.8) is 0 Å². The molecule has 1 fully saturated rings. The number of nitrogens with zero attached hydrogens (tertiary/aromatic N) is 1. The number of piperidine rings is 1. The van der Waals surface area contributed by atoms with Gasteiger partial charge in [-0.25, -0.2) is 8.78 Å². The monoisotopic (exact) mass is 201 g/mol. The zero-order valence-corrected chi connectivity index (χ0v) is 8.60. The molecule has 0 radical (unpaired) electrons. The second-order valence-electron chi connectivity index (χ2n) is 3.92. The lowest BCUT2D eigenvalue weighted by atomic mass is 10.1. The molecule has 0 bridgehead atoms. The molecule has 0 atom stereocenters. The lowest BCUT2D eigenvalue weighted by Crippen LogP contribution is -2.43. The zero-order valence-electron chi connectivity index (χ0n) is 8.60. The third-order valence-corrected chi connectivity index (χ3v) is 2.35. The van der Waals surface area contributed by atoms with E-state index in [1.165, 1.54) is 0 Å². The minimum atomic E-state index is -2.49. The van der Waals surface area contributed by atoms with Gasteiger partial charge in [0.1, 0.15) is 0 Å². The van der Waals surface area contributed by atoms with E-state index in [0.717, 1.165) is 12.1 Å². The average molecular weight is 201 g/mol. The van der Waals surface area contributed by atoms with E-state index in [2.05, 4.69) is 6.58 Å². The maximum Gasteiger partial charge on any atom is 0.260 e. The minimum Gasteiger partial charge on any atom is -0.294 e. The van der Waals surface area contributed by atoms with Crippen molar-refractivity contribution >= 4 is 0 Å². The average Bonchev–Trinajstić information content (AvgIpc) is 2.02. The highest BCUT2D eigenvalue weighted by Gasteiger charge is 2.34. The van der Waals surface area contributed by atoms with Crippen molar-refractivity contribution in [1.82, 2.24) is 4.90 Å². The molecule has 0 spiro atoms. The van der Waals surface area contributed by atoms with E-state index in [1.54, 1.807) is 11.0 Å². The zero-order chi connectivity index (χ0) is 10.6. The van der Waals surface area contributed by atoms with E-state index in [0.29, 0.717) is 13.0 Å². The van der Waals surface area contributed by atoms with Crippen LogP contribution in [-0.4, -0.2) is 30.5 Å². The van der Waals surface area contributed by atoms with Crippen molar-refractivity contribution in [3.05, 3.63) is 24.3 Å². The van der Waals surface area contributed by atoms with Gasteiger partial charge in [-0.3, -0.25) is 4.90 Å². The Balaban J connectivity index is 2.45. The standard InChI is InChI=1S/C11H17F2N/c1-3-5-10(2)8-14-7-4-6-11(12,13)9-14/h3,5H,1,4,6-9H2,2H3/b10-5+. The number of halogens is 2. The summed E-state index contributed by atoms with van der Waals surface area (Å²) < 4.78 is 26.0. The quantitative estimate of drug-likeness (QED) is 0.635. The second-order valence-corrected chi connectivity index (χ2v) is 3.92. The molecule has 1 rings (SSSR count). The van der Waals surface area contributed by atoms with E-state index >= 15 is 0 Å². The summed E-state index contributed by atoms with van der Waals surface area (Å²) in [6.07, 6.45) is 4.19. The van der Waals surface area contributed by atoms with Crippen LogP contribution in [0.25, 0.3) is 0 Å². The first-order chi connectivity index (χ1) is 6.53. The van der Waals surface area contributed by atoms with Crippen molar-refractivity contribution in [3.8, 4) is 0 Å². The molecular formula is C11H17F2N. The van der Waals surface area contributed by atoms with Gasteiger partial charge in [-0.1, -0.05) is 24.3 Å². The topological polar surface area (TPSA) is 3.24 Å². The summed E-state index contributed by atoms with van der Waals surface area (Å²) in [5.74, 6) is -2.49. The van der Waals surface area contributed by atoms with E-state index < -0.39 is 5.92 Å². The molecule has 0 aromatic rings. The lowest BCUT2D eigenvalue weighted by Gasteiger charge is -2.32. The number of likely N-dealkylation sites (tertiary alicyclic amines) is 1. The van der Waals surface area contributed by atoms with Crippen LogP contribution in [0, 0.1) is 0 Å². The van der Waals surface area contributed by atoms with Crippen LogP contribution in [0.15, 0.2) is 24.3 Å². The van der Waals surface area contributed by atoms with Crippen LogP contribution >= 0.6 is 0 Å². The third kappa shape index (κ3) is 3.58. The van der Waals surface area contributed by atoms with Gasteiger partial charge in [0, 0.05) is 13.0 Å². The number of hydrogen-bond acceptors (Lipinski definition) is 1. The first-order valence-electron chi connectivity index (χ1n) is 4.92. The number of hydrogen-bond donors (Lipinski definition) is 0. The van der Waals surface area contributed by atoms with Crippen molar-refractivity contribution in [1.29, 1.82) is 0 Å². The fourth-order valence-electron chi connectivity index (χ4n) is 1.79. The van der Waals surface area contributed by atoms with E-state index in [-0.39, 0.29) is 13.0 Å². The van der Waals surface area contributed by atoms with Gasteiger partial charge in [0.15, 0.2) is 0 Å². The van der Waals surface area contributed by atoms with Crippen LogP contribution in [0.3, 0.4) is 0 Å². The summed E-state index contributed by atoms with van der Waals surface area (Å²) in [4.78, 5) is 1.80. The summed E-state index contributed by atoms with van der Waals surface area (Å²) in [7, 11) is 0. The summed E-state index contributed by atoms with van der Waals surface area (Å²) in [6.45, 7) is 6.82. The summed E-state index contributed by atoms with van der Waals surface area (Å²) >= 11 is 0. The molecule has 80 valence electrons. The number of rotatable bonds is 3. The van der Waals surface area contributed by atoms with Gasteiger partial charge in [-0.05, 0) is 19.9 Å². The molecule has 0 aliphatic carbocycles. The molecule has 0 N–H and O–H groups in total. The van der Waals surface area contributed by atoms with E-state index in [9.17, 15) is 8.78 Å². The maximum atomic E-state index is 13.0. The molecule has 1 aliphatic rings. The Morgan fingerprint density at radius 2 is 2.29 bits per heavy atom. The molecule has 1 nitrogen and oxygen atoms in total. The predicted molar refractivity (Wildman–Crippen MR) is 54.6 cm³/mol. The molecule has 3 heteroatoms. The van der Waals surface area contributed by atoms with Crippen LogP contribution in [0.4, 0.5) is 8.78 Å². The molecular weight excluding hydrogens is 184 g/mol. The highest BCUT2D eigenvalue weighted by atomic mass is 19.3. The lowest BCUT2D eigenvalue weighted by molar-refractivity contribution is -0.0615. The molecule has 0 aromatic heterocycles. The van der Waals surface area contributed by atoms with E-state index in [1.807, 2.05) is 13.0 Å². The molecule has 0 amide bonds. The Kier molecular flexibility index (Phi) is 3.81. The SMILES string of the molecule is C=C/C=C(\C)CN1CCCC(F)(F)C1. The fourth-order valence-corrected chi connectivity index (χ4v) is 1.79. The Morgan fingerprint density at radius 3 is 2.86 bits per heavy atom. The van der Waals surface area contributed by atoms with Crippen LogP contribution in [0.2, 0.25) is 0 Å². The van der Waals surface area contributed by atoms with Crippen molar-refractivity contribution in [2.75, 3.05) is 19.6 Å². The Labute approximate surface area is 84.1 Å². The number of allylic oxidation sites excluding steroid dienone is 2. The minimum absolute atomic E-state index is 0.0354. The van der Waals surface area contributed by atoms with Gasteiger partial charge in [0.25, 0.3) is 5.92 Å². The molecule has 14 heavy (non-hydrogen) atoms. The van der Waals surface area contributed by atoms with Gasteiger partial charge in [0.2, 0.25) is 0 Å². The van der Waals surface area contributed by atoms with Gasteiger partial charge >= 0.3 is 0 Å². The fraction of sp³-hybridized carbons (Fsp3) is 0.636. The van der Waals surface area contributed by atoms with Gasteiger partial charge in [-0.15, -0.1) is 0 Å².